The molecule has 0 radical (unpaired) electrons. The third-order valence-corrected chi connectivity index (χ3v) is 5.60. The maximum atomic E-state index is 12.7. The molecule has 27 heavy (non-hydrogen) atoms. The van der Waals surface area contributed by atoms with Crippen LogP contribution in [0.4, 0.5) is 0 Å². The second-order valence-corrected chi connectivity index (χ2v) is 7.53. The van der Waals surface area contributed by atoms with Crippen molar-refractivity contribution in [3.8, 4) is 5.75 Å². The lowest BCUT2D eigenvalue weighted by atomic mass is 10.2. The van der Waals surface area contributed by atoms with Crippen molar-refractivity contribution < 1.29 is 9.53 Å². The molecule has 0 saturated heterocycles. The predicted molar refractivity (Wildman–Crippen MR) is 108 cm³/mol. The van der Waals surface area contributed by atoms with Crippen molar-refractivity contribution in [1.82, 2.24) is 14.7 Å². The molecule has 0 unspecified atom stereocenters. The Morgan fingerprint density at radius 1 is 1.26 bits per heavy atom. The van der Waals surface area contributed by atoms with E-state index in [4.69, 9.17) is 17.0 Å². The van der Waals surface area contributed by atoms with Gasteiger partial charge in [0.1, 0.15) is 16.3 Å². The molecule has 4 rings (SSSR count). The molecule has 2 N–H and O–H groups in total. The van der Waals surface area contributed by atoms with E-state index in [1.165, 1.54) is 11.3 Å². The molecule has 6 nitrogen and oxygen atoms in total. The van der Waals surface area contributed by atoms with Gasteiger partial charge in [-0.15, -0.1) is 0 Å². The van der Waals surface area contributed by atoms with E-state index < -0.39 is 0 Å². The predicted octanol–water partition coefficient (Wildman–Crippen LogP) is 3.51. The van der Waals surface area contributed by atoms with E-state index in [0.717, 1.165) is 11.3 Å². The fraction of sp³-hybridized carbons (Fsp3) is 0.105. The van der Waals surface area contributed by atoms with Crippen molar-refractivity contribution in [3.63, 3.8) is 0 Å². The highest BCUT2D eigenvalue weighted by atomic mass is 32.1. The first kappa shape index (κ1) is 17.4. The zero-order chi connectivity index (χ0) is 19.0. The molecule has 0 saturated carbocycles. The molecule has 1 amide bonds. The van der Waals surface area contributed by atoms with Crippen LogP contribution in [-0.2, 0) is 6.54 Å². The van der Waals surface area contributed by atoms with E-state index in [-0.39, 0.29) is 11.5 Å². The molecule has 136 valence electrons. The number of methoxy groups -OCH3 is 1. The van der Waals surface area contributed by atoms with Crippen LogP contribution >= 0.6 is 23.6 Å². The van der Waals surface area contributed by atoms with Gasteiger partial charge in [0.05, 0.1) is 18.0 Å². The van der Waals surface area contributed by atoms with Gasteiger partial charge in [-0.1, -0.05) is 35.6 Å². The normalized spacial score (nSPS) is 11.0. The molecule has 0 spiro atoms. The molecule has 4 aromatic rings. The second kappa shape index (κ2) is 6.98. The third-order valence-electron chi connectivity index (χ3n) is 4.23. The fourth-order valence-electron chi connectivity index (χ4n) is 2.94. The minimum absolute atomic E-state index is 0.250. The molecule has 2 aromatic heterocycles. The Kier molecular flexibility index (Phi) is 4.51. The number of ether oxygens (including phenoxy) is 1. The second-order valence-electron chi connectivity index (χ2n) is 5.89. The average molecular weight is 397 g/mol. The number of thiazole rings is 1. The molecule has 0 fully saturated rings. The highest BCUT2D eigenvalue weighted by Gasteiger charge is 2.17. The van der Waals surface area contributed by atoms with Crippen molar-refractivity contribution in [3.05, 3.63) is 73.3 Å². The number of nitrogens with zero attached hydrogens (tertiary/aromatic N) is 1. The number of hydrogen-bond acceptors (Lipinski definition) is 5. The number of aromatic nitrogens is 2. The van der Waals surface area contributed by atoms with Crippen LogP contribution in [0.15, 0.2) is 53.3 Å². The molecule has 0 aliphatic heterocycles. The molecular formula is C19H15N3O3S2. The number of carbonyl (C=O) groups is 1. The Balaban J connectivity index is 1.72. The summed E-state index contributed by atoms with van der Waals surface area (Å²) in [7, 11) is 1.60. The van der Waals surface area contributed by atoms with Crippen LogP contribution in [0, 0.1) is 3.95 Å². The largest absolute Gasteiger partial charge is 0.497 e. The minimum atomic E-state index is -0.289. The Morgan fingerprint density at radius 3 is 2.89 bits per heavy atom. The van der Waals surface area contributed by atoms with Gasteiger partial charge in [0.15, 0.2) is 3.95 Å². The van der Waals surface area contributed by atoms with E-state index in [1.54, 1.807) is 23.6 Å². The van der Waals surface area contributed by atoms with Crippen LogP contribution in [-0.4, -0.2) is 22.4 Å². The first-order chi connectivity index (χ1) is 13.1. The van der Waals surface area contributed by atoms with Crippen LogP contribution in [0.2, 0.25) is 0 Å². The highest BCUT2D eigenvalue weighted by molar-refractivity contribution is 7.73. The fourth-order valence-corrected chi connectivity index (χ4v) is 4.24. The monoisotopic (exact) mass is 397 g/mol. The highest BCUT2D eigenvalue weighted by Crippen LogP contribution is 2.22. The van der Waals surface area contributed by atoms with Crippen LogP contribution in [0.5, 0.6) is 5.75 Å². The number of fused-ring (bicyclic) bond motifs is 3. The van der Waals surface area contributed by atoms with Crippen molar-refractivity contribution in [1.29, 1.82) is 0 Å². The smallest absolute Gasteiger partial charge is 0.265 e. The minimum Gasteiger partial charge on any atom is -0.497 e. The van der Waals surface area contributed by atoms with E-state index >= 15 is 0 Å². The molecule has 2 aromatic carbocycles. The lowest BCUT2D eigenvalue weighted by molar-refractivity contribution is 0.0956. The summed E-state index contributed by atoms with van der Waals surface area (Å²) in [5.74, 6) is 0.435. The lowest BCUT2D eigenvalue weighted by Crippen LogP contribution is -2.23. The van der Waals surface area contributed by atoms with E-state index in [1.807, 2.05) is 36.4 Å². The number of rotatable bonds is 4. The number of H-pyrrole nitrogens is 1. The summed E-state index contributed by atoms with van der Waals surface area (Å²) in [4.78, 5) is 28.3. The van der Waals surface area contributed by atoms with Gasteiger partial charge in [-0.3, -0.25) is 14.0 Å². The Bertz CT molecular complexity index is 1290. The quantitative estimate of drug-likeness (QED) is 0.517. The van der Waals surface area contributed by atoms with Gasteiger partial charge in [0.25, 0.3) is 11.5 Å². The summed E-state index contributed by atoms with van der Waals surface area (Å²) in [5.41, 5.74) is 1.76. The van der Waals surface area contributed by atoms with Crippen LogP contribution in [0.3, 0.4) is 0 Å². The SMILES string of the molecule is COc1cccc(CNC(=O)c2sc(=S)n3c2[nH]c(=O)c2ccccc23)c1. The topological polar surface area (TPSA) is 75.6 Å². The number of aromatic amines is 1. The summed E-state index contributed by atoms with van der Waals surface area (Å²) >= 11 is 6.61. The van der Waals surface area contributed by atoms with E-state index in [0.29, 0.717) is 31.9 Å². The lowest BCUT2D eigenvalue weighted by Gasteiger charge is -2.07. The zero-order valence-corrected chi connectivity index (χ0v) is 15.9. The number of amides is 1. The van der Waals surface area contributed by atoms with Crippen molar-refractivity contribution in [2.45, 2.75) is 6.54 Å². The average Bonchev–Trinajstić information content (AvgIpc) is 3.03. The van der Waals surface area contributed by atoms with Gasteiger partial charge in [-0.2, -0.15) is 0 Å². The van der Waals surface area contributed by atoms with E-state index in [9.17, 15) is 9.59 Å². The Hall–Kier alpha value is -2.97. The van der Waals surface area contributed by atoms with Crippen molar-refractivity contribution in [2.24, 2.45) is 0 Å². The zero-order valence-electron chi connectivity index (χ0n) is 14.3. The van der Waals surface area contributed by atoms with Gasteiger partial charge in [0, 0.05) is 6.54 Å². The maximum absolute atomic E-state index is 12.7. The number of carbonyl (C=O) groups excluding carboxylic acids is 1. The van der Waals surface area contributed by atoms with Gasteiger partial charge in [-0.05, 0) is 42.0 Å². The standard InChI is InChI=1S/C19H15N3O3S2/c1-25-12-6-4-5-11(9-12)10-20-18(24)15-16-21-17(23)13-7-2-3-8-14(13)22(16)19(26)27-15/h2-9H,10H2,1H3,(H,20,24)(H,21,23). The van der Waals surface area contributed by atoms with Gasteiger partial charge < -0.3 is 15.0 Å². The summed E-state index contributed by atoms with van der Waals surface area (Å²) in [6, 6.07) is 14.6. The molecule has 0 aliphatic rings. The summed E-state index contributed by atoms with van der Waals surface area (Å²) in [5, 5.41) is 3.40. The first-order valence-electron chi connectivity index (χ1n) is 8.16. The van der Waals surface area contributed by atoms with Crippen LogP contribution < -0.4 is 15.6 Å². The Morgan fingerprint density at radius 2 is 2.07 bits per heavy atom. The van der Waals surface area contributed by atoms with Gasteiger partial charge >= 0.3 is 0 Å². The number of nitrogens with one attached hydrogen (secondary N) is 2. The molecule has 0 aliphatic carbocycles. The van der Waals surface area contributed by atoms with Crippen LogP contribution in [0.25, 0.3) is 16.6 Å². The Labute approximate surface area is 163 Å². The molecule has 2 heterocycles. The molecular weight excluding hydrogens is 382 g/mol. The van der Waals surface area contributed by atoms with E-state index in [2.05, 4.69) is 10.3 Å². The van der Waals surface area contributed by atoms with Gasteiger partial charge in [-0.25, -0.2) is 0 Å². The summed E-state index contributed by atoms with van der Waals surface area (Å²) in [6.45, 7) is 0.338. The molecule has 8 heteroatoms. The third kappa shape index (κ3) is 3.13. The van der Waals surface area contributed by atoms with Crippen molar-refractivity contribution >= 4 is 46.0 Å². The molecule has 0 atom stereocenters. The summed E-state index contributed by atoms with van der Waals surface area (Å²) < 4.78 is 7.43. The molecule has 0 bridgehead atoms. The first-order valence-corrected chi connectivity index (χ1v) is 9.38. The van der Waals surface area contributed by atoms with Gasteiger partial charge in [0.2, 0.25) is 0 Å². The number of hydrogen-bond donors (Lipinski definition) is 2. The number of para-hydroxylation sites is 1. The number of benzene rings is 2. The van der Waals surface area contributed by atoms with Crippen molar-refractivity contribution in [2.75, 3.05) is 7.11 Å². The maximum Gasteiger partial charge on any atom is 0.265 e. The summed E-state index contributed by atoms with van der Waals surface area (Å²) in [6.07, 6.45) is 0. The van der Waals surface area contributed by atoms with Crippen LogP contribution in [0.1, 0.15) is 15.2 Å².